The molecule has 0 atom stereocenters. The number of hydrogen-bond acceptors (Lipinski definition) is 7. The quantitative estimate of drug-likeness (QED) is 0.483. The number of carbonyl (C=O) groups excluding carboxylic acids is 2. The fourth-order valence-corrected chi connectivity index (χ4v) is 4.67. The maximum Gasteiger partial charge on any atom is 0.261 e. The third-order valence-corrected chi connectivity index (χ3v) is 6.78. The van der Waals surface area contributed by atoms with Gasteiger partial charge in [-0.25, -0.2) is 8.42 Å². The monoisotopic (exact) mass is 489 g/mol. The van der Waals surface area contributed by atoms with Gasteiger partial charge in [0.15, 0.2) is 0 Å². The van der Waals surface area contributed by atoms with Crippen LogP contribution in [-0.2, 0) is 14.8 Å². The first-order valence-electron chi connectivity index (χ1n) is 11.1. The number of hydrogen-bond donors (Lipinski definition) is 3. The highest BCUT2D eigenvalue weighted by Crippen LogP contribution is 2.30. The predicted octanol–water partition coefficient (Wildman–Crippen LogP) is 1.11. The topological polar surface area (TPSA) is 120 Å². The zero-order chi connectivity index (χ0) is 24.7. The summed E-state index contributed by atoms with van der Waals surface area (Å²) in [6.07, 6.45) is 0. The van der Waals surface area contributed by atoms with Gasteiger partial charge in [0, 0.05) is 45.8 Å². The SMILES string of the molecule is CCOc1ccc(S(=O)(=O)Nc2cc(C(=O)N(C)CC(=O)NC)ccc2N2CCNCC2)cc1. The zero-order valence-electron chi connectivity index (χ0n) is 19.6. The van der Waals surface area contributed by atoms with Crippen LogP contribution >= 0.6 is 0 Å². The van der Waals surface area contributed by atoms with E-state index in [0.29, 0.717) is 36.8 Å². The molecule has 2 aromatic carbocycles. The first-order valence-corrected chi connectivity index (χ1v) is 12.5. The van der Waals surface area contributed by atoms with Crippen molar-refractivity contribution in [2.75, 3.05) is 63.0 Å². The maximum absolute atomic E-state index is 13.2. The van der Waals surface area contributed by atoms with Crippen LogP contribution in [0.2, 0.25) is 0 Å². The molecular weight excluding hydrogens is 458 g/mol. The number of anilines is 2. The normalized spacial score (nSPS) is 13.8. The lowest BCUT2D eigenvalue weighted by molar-refractivity contribution is -0.121. The second-order valence-electron chi connectivity index (χ2n) is 7.81. The molecule has 3 rings (SSSR count). The van der Waals surface area contributed by atoms with Crippen LogP contribution in [0.5, 0.6) is 5.75 Å². The molecule has 2 aromatic rings. The Morgan fingerprint density at radius 1 is 1.12 bits per heavy atom. The smallest absolute Gasteiger partial charge is 0.261 e. The number of benzene rings is 2. The number of piperazine rings is 1. The number of rotatable bonds is 9. The largest absolute Gasteiger partial charge is 0.494 e. The Bertz CT molecular complexity index is 1120. The summed E-state index contributed by atoms with van der Waals surface area (Å²) >= 11 is 0. The Kier molecular flexibility index (Phi) is 8.35. The lowest BCUT2D eigenvalue weighted by Crippen LogP contribution is -2.44. The summed E-state index contributed by atoms with van der Waals surface area (Å²) in [5, 5.41) is 5.75. The van der Waals surface area contributed by atoms with Crippen LogP contribution in [0.4, 0.5) is 11.4 Å². The third-order valence-electron chi connectivity index (χ3n) is 5.40. The molecule has 0 saturated carbocycles. The summed E-state index contributed by atoms with van der Waals surface area (Å²) in [4.78, 5) is 28.0. The molecule has 34 heavy (non-hydrogen) atoms. The number of likely N-dealkylation sites (N-methyl/N-ethyl adjacent to an activating group) is 2. The van der Waals surface area contributed by atoms with Crippen LogP contribution in [0.15, 0.2) is 47.4 Å². The average molecular weight is 490 g/mol. The van der Waals surface area contributed by atoms with Gasteiger partial charge in [-0.1, -0.05) is 0 Å². The Hall–Kier alpha value is -3.31. The minimum absolute atomic E-state index is 0.0793. The van der Waals surface area contributed by atoms with Crippen molar-refractivity contribution in [2.45, 2.75) is 11.8 Å². The number of nitrogens with one attached hydrogen (secondary N) is 3. The van der Waals surface area contributed by atoms with Gasteiger partial charge >= 0.3 is 0 Å². The van der Waals surface area contributed by atoms with E-state index in [9.17, 15) is 18.0 Å². The highest BCUT2D eigenvalue weighted by atomic mass is 32.2. The molecule has 0 bridgehead atoms. The highest BCUT2D eigenvalue weighted by molar-refractivity contribution is 7.92. The van der Waals surface area contributed by atoms with Crippen molar-refractivity contribution < 1.29 is 22.7 Å². The molecule has 1 fully saturated rings. The fourth-order valence-electron chi connectivity index (χ4n) is 3.60. The average Bonchev–Trinajstić information content (AvgIpc) is 2.84. The molecule has 1 heterocycles. The summed E-state index contributed by atoms with van der Waals surface area (Å²) in [6.45, 7) is 5.14. The van der Waals surface area contributed by atoms with E-state index in [4.69, 9.17) is 4.74 Å². The van der Waals surface area contributed by atoms with Crippen molar-refractivity contribution in [3.63, 3.8) is 0 Å². The number of amides is 2. The fraction of sp³-hybridized carbons (Fsp3) is 0.391. The number of ether oxygens (including phenoxy) is 1. The molecule has 0 unspecified atom stereocenters. The van der Waals surface area contributed by atoms with E-state index in [1.54, 1.807) is 24.3 Å². The van der Waals surface area contributed by atoms with Crippen LogP contribution in [0.1, 0.15) is 17.3 Å². The minimum Gasteiger partial charge on any atom is -0.494 e. The molecule has 1 aliphatic rings. The summed E-state index contributed by atoms with van der Waals surface area (Å²) in [6, 6.07) is 11.1. The van der Waals surface area contributed by atoms with E-state index in [1.807, 2.05) is 6.92 Å². The molecule has 3 N–H and O–H groups in total. The number of sulfonamides is 1. The molecule has 11 heteroatoms. The molecular formula is C23H31N5O5S. The zero-order valence-corrected chi connectivity index (χ0v) is 20.4. The van der Waals surface area contributed by atoms with Gasteiger partial charge in [-0.05, 0) is 49.4 Å². The van der Waals surface area contributed by atoms with Crippen molar-refractivity contribution in [2.24, 2.45) is 0 Å². The van der Waals surface area contributed by atoms with Gasteiger partial charge in [0.05, 0.1) is 29.4 Å². The molecule has 2 amide bonds. The summed E-state index contributed by atoms with van der Waals surface area (Å²) in [5.74, 6) is -0.114. The first kappa shape index (κ1) is 25.3. The molecule has 0 aliphatic carbocycles. The van der Waals surface area contributed by atoms with Gasteiger partial charge in [0.1, 0.15) is 5.75 Å². The molecule has 1 aliphatic heterocycles. The Morgan fingerprint density at radius 2 is 1.79 bits per heavy atom. The van der Waals surface area contributed by atoms with Gasteiger partial charge in [0.2, 0.25) is 5.91 Å². The molecule has 10 nitrogen and oxygen atoms in total. The Labute approximate surface area is 200 Å². The van der Waals surface area contributed by atoms with Crippen molar-refractivity contribution in [1.29, 1.82) is 0 Å². The van der Waals surface area contributed by atoms with E-state index < -0.39 is 15.9 Å². The van der Waals surface area contributed by atoms with Crippen LogP contribution in [0, 0.1) is 0 Å². The van der Waals surface area contributed by atoms with E-state index in [-0.39, 0.29) is 22.9 Å². The summed E-state index contributed by atoms with van der Waals surface area (Å²) in [7, 11) is -0.913. The van der Waals surface area contributed by atoms with E-state index in [1.165, 1.54) is 37.2 Å². The van der Waals surface area contributed by atoms with Crippen molar-refractivity contribution in [3.05, 3.63) is 48.0 Å². The Balaban J connectivity index is 1.94. The van der Waals surface area contributed by atoms with E-state index in [2.05, 4.69) is 20.3 Å². The van der Waals surface area contributed by atoms with Gasteiger partial charge in [0.25, 0.3) is 15.9 Å². The summed E-state index contributed by atoms with van der Waals surface area (Å²) in [5.41, 5.74) is 1.26. The third kappa shape index (κ3) is 6.17. The Morgan fingerprint density at radius 3 is 2.41 bits per heavy atom. The van der Waals surface area contributed by atoms with Gasteiger partial charge < -0.3 is 25.2 Å². The number of nitrogens with zero attached hydrogens (tertiary/aromatic N) is 2. The van der Waals surface area contributed by atoms with Crippen LogP contribution < -0.4 is 25.0 Å². The minimum atomic E-state index is -3.93. The molecule has 0 aromatic heterocycles. The van der Waals surface area contributed by atoms with Crippen molar-refractivity contribution >= 4 is 33.2 Å². The maximum atomic E-state index is 13.2. The summed E-state index contributed by atoms with van der Waals surface area (Å²) < 4.78 is 34.4. The second kappa shape index (κ2) is 11.2. The molecule has 1 saturated heterocycles. The van der Waals surface area contributed by atoms with E-state index >= 15 is 0 Å². The van der Waals surface area contributed by atoms with Gasteiger partial charge in [-0.3, -0.25) is 14.3 Å². The first-order chi connectivity index (χ1) is 16.2. The van der Waals surface area contributed by atoms with Crippen LogP contribution in [-0.4, -0.2) is 78.6 Å². The molecule has 184 valence electrons. The van der Waals surface area contributed by atoms with Crippen molar-refractivity contribution in [1.82, 2.24) is 15.5 Å². The molecule has 0 radical (unpaired) electrons. The van der Waals surface area contributed by atoms with Gasteiger partial charge in [-0.15, -0.1) is 0 Å². The lowest BCUT2D eigenvalue weighted by Gasteiger charge is -2.31. The van der Waals surface area contributed by atoms with Crippen LogP contribution in [0.3, 0.4) is 0 Å². The number of carbonyl (C=O) groups is 2. The van der Waals surface area contributed by atoms with Crippen molar-refractivity contribution in [3.8, 4) is 5.75 Å². The van der Waals surface area contributed by atoms with E-state index in [0.717, 1.165) is 13.1 Å². The highest BCUT2D eigenvalue weighted by Gasteiger charge is 2.23. The van der Waals surface area contributed by atoms with Gasteiger partial charge in [-0.2, -0.15) is 0 Å². The second-order valence-corrected chi connectivity index (χ2v) is 9.50. The predicted molar refractivity (Wildman–Crippen MR) is 131 cm³/mol. The standard InChI is InChI=1S/C23H31N5O5S/c1-4-33-18-6-8-19(9-7-18)34(31,32)26-20-15-17(23(30)27(3)16-22(29)24-2)5-10-21(20)28-13-11-25-12-14-28/h5-10,15,25-26H,4,11-14,16H2,1-3H3,(H,24,29). The lowest BCUT2D eigenvalue weighted by atomic mass is 10.1. The van der Waals surface area contributed by atoms with Crippen LogP contribution in [0.25, 0.3) is 0 Å². The molecule has 0 spiro atoms.